The topological polar surface area (TPSA) is 70.2 Å². The highest BCUT2D eigenvalue weighted by atomic mass is 16.2. The molecule has 25 heavy (non-hydrogen) atoms. The van der Waals surface area contributed by atoms with Gasteiger partial charge in [0.1, 0.15) is 0 Å². The van der Waals surface area contributed by atoms with Gasteiger partial charge in [-0.1, -0.05) is 12.1 Å². The van der Waals surface area contributed by atoms with Gasteiger partial charge in [0, 0.05) is 12.0 Å². The highest BCUT2D eigenvalue weighted by Crippen LogP contribution is 2.40. The van der Waals surface area contributed by atoms with Gasteiger partial charge in [-0.3, -0.25) is 9.59 Å². The lowest BCUT2D eigenvalue weighted by molar-refractivity contribution is -0.124. The zero-order valence-corrected chi connectivity index (χ0v) is 14.6. The number of amides is 2. The standard InChI is InChI=1S/C20H27N3O2/c24-18-7-6-17(19(23-18)14-8-10-21-11-9-14)22-20(25)16-3-1-2-15(12-16)13-4-5-13/h1-3,12-14,17,19,21H,4-11H2,(H,22,25)(H,23,24)/t17-,19+/m1/s1. The number of hydrogen-bond acceptors (Lipinski definition) is 3. The van der Waals surface area contributed by atoms with Crippen molar-refractivity contribution in [3.05, 3.63) is 35.4 Å². The zero-order valence-electron chi connectivity index (χ0n) is 14.6. The van der Waals surface area contributed by atoms with Gasteiger partial charge >= 0.3 is 0 Å². The molecule has 2 heterocycles. The molecule has 1 aliphatic carbocycles. The summed E-state index contributed by atoms with van der Waals surface area (Å²) in [6.45, 7) is 1.97. The summed E-state index contributed by atoms with van der Waals surface area (Å²) >= 11 is 0. The van der Waals surface area contributed by atoms with Crippen molar-refractivity contribution >= 4 is 11.8 Å². The van der Waals surface area contributed by atoms with Crippen molar-refractivity contribution in [3.8, 4) is 0 Å². The average Bonchev–Trinajstić information content (AvgIpc) is 3.49. The minimum Gasteiger partial charge on any atom is -0.351 e. The molecule has 1 aromatic rings. The lowest BCUT2D eigenvalue weighted by atomic mass is 9.82. The Balaban J connectivity index is 1.46. The van der Waals surface area contributed by atoms with Crippen LogP contribution in [-0.2, 0) is 4.79 Å². The number of carbonyl (C=O) groups is 2. The smallest absolute Gasteiger partial charge is 0.251 e. The molecule has 3 fully saturated rings. The van der Waals surface area contributed by atoms with Crippen molar-refractivity contribution in [3.63, 3.8) is 0 Å². The first-order valence-corrected chi connectivity index (χ1v) is 9.61. The van der Waals surface area contributed by atoms with Crippen LogP contribution in [-0.4, -0.2) is 37.0 Å². The Kier molecular flexibility index (Phi) is 4.75. The summed E-state index contributed by atoms with van der Waals surface area (Å²) in [5.74, 6) is 1.19. The van der Waals surface area contributed by atoms with Crippen LogP contribution in [0.2, 0.25) is 0 Å². The van der Waals surface area contributed by atoms with Crippen molar-refractivity contribution in [2.45, 2.75) is 56.5 Å². The van der Waals surface area contributed by atoms with Crippen LogP contribution >= 0.6 is 0 Å². The van der Waals surface area contributed by atoms with E-state index in [0.717, 1.165) is 37.9 Å². The van der Waals surface area contributed by atoms with Gasteiger partial charge in [0.25, 0.3) is 5.91 Å². The molecule has 0 aromatic heterocycles. The monoisotopic (exact) mass is 341 g/mol. The van der Waals surface area contributed by atoms with Crippen molar-refractivity contribution in [1.29, 1.82) is 0 Å². The summed E-state index contributed by atoms with van der Waals surface area (Å²) in [5, 5.41) is 9.74. The molecule has 1 aromatic carbocycles. The molecule has 2 amide bonds. The molecule has 2 saturated heterocycles. The highest BCUT2D eigenvalue weighted by molar-refractivity contribution is 5.94. The van der Waals surface area contributed by atoms with E-state index in [4.69, 9.17) is 0 Å². The summed E-state index contributed by atoms with van der Waals surface area (Å²) in [4.78, 5) is 24.7. The SMILES string of the molecule is O=C1CC[C@@H](NC(=O)c2cccc(C3CC3)c2)[C@H](C2CCNCC2)N1. The summed E-state index contributed by atoms with van der Waals surface area (Å²) < 4.78 is 0. The van der Waals surface area contributed by atoms with Gasteiger partial charge in [-0.25, -0.2) is 0 Å². The minimum atomic E-state index is -0.0115. The Morgan fingerprint density at radius 3 is 2.64 bits per heavy atom. The number of rotatable bonds is 4. The Hall–Kier alpha value is -1.88. The van der Waals surface area contributed by atoms with Gasteiger partial charge < -0.3 is 16.0 Å². The molecular formula is C20H27N3O2. The first kappa shape index (κ1) is 16.6. The lowest BCUT2D eigenvalue weighted by Crippen LogP contribution is -2.59. The van der Waals surface area contributed by atoms with E-state index in [9.17, 15) is 9.59 Å². The minimum absolute atomic E-state index is 0.0115. The van der Waals surface area contributed by atoms with Gasteiger partial charge in [0.05, 0.1) is 12.1 Å². The molecule has 2 aliphatic heterocycles. The maximum absolute atomic E-state index is 12.8. The quantitative estimate of drug-likeness (QED) is 0.784. The lowest BCUT2D eigenvalue weighted by Gasteiger charge is -2.39. The van der Waals surface area contributed by atoms with Crippen LogP contribution in [0.3, 0.4) is 0 Å². The van der Waals surface area contributed by atoms with Gasteiger partial charge in [-0.15, -0.1) is 0 Å². The van der Waals surface area contributed by atoms with E-state index in [1.54, 1.807) is 0 Å². The van der Waals surface area contributed by atoms with E-state index >= 15 is 0 Å². The Labute approximate surface area is 148 Å². The van der Waals surface area contributed by atoms with Crippen LogP contribution in [0.4, 0.5) is 0 Å². The fourth-order valence-corrected chi connectivity index (χ4v) is 4.24. The molecule has 4 rings (SSSR count). The fraction of sp³-hybridized carbons (Fsp3) is 0.600. The van der Waals surface area contributed by atoms with Crippen molar-refractivity contribution < 1.29 is 9.59 Å². The van der Waals surface area contributed by atoms with Crippen LogP contribution in [0.15, 0.2) is 24.3 Å². The van der Waals surface area contributed by atoms with E-state index < -0.39 is 0 Å². The molecule has 0 bridgehead atoms. The predicted octanol–water partition coefficient (Wildman–Crippen LogP) is 1.94. The molecule has 0 spiro atoms. The summed E-state index contributed by atoms with van der Waals surface area (Å²) in [5.41, 5.74) is 2.02. The van der Waals surface area contributed by atoms with Crippen LogP contribution < -0.4 is 16.0 Å². The van der Waals surface area contributed by atoms with E-state index in [1.165, 1.54) is 18.4 Å². The number of benzene rings is 1. The fourth-order valence-electron chi connectivity index (χ4n) is 4.24. The number of carbonyl (C=O) groups excluding carboxylic acids is 2. The van der Waals surface area contributed by atoms with E-state index in [2.05, 4.69) is 22.0 Å². The van der Waals surface area contributed by atoms with Gasteiger partial charge in [0.2, 0.25) is 5.91 Å². The summed E-state index contributed by atoms with van der Waals surface area (Å²) in [7, 11) is 0. The molecule has 3 aliphatic rings. The zero-order chi connectivity index (χ0) is 17.2. The number of nitrogens with one attached hydrogen (secondary N) is 3. The molecular weight excluding hydrogens is 314 g/mol. The normalized spacial score (nSPS) is 27.6. The first-order chi connectivity index (χ1) is 12.2. The second-order valence-electron chi connectivity index (χ2n) is 7.70. The largest absolute Gasteiger partial charge is 0.351 e. The van der Waals surface area contributed by atoms with E-state index in [-0.39, 0.29) is 23.9 Å². The van der Waals surface area contributed by atoms with Gasteiger partial charge in [0.15, 0.2) is 0 Å². The van der Waals surface area contributed by atoms with Crippen LogP contribution in [0.1, 0.15) is 60.4 Å². The van der Waals surface area contributed by atoms with Gasteiger partial charge in [-0.05, 0) is 74.7 Å². The Bertz CT molecular complexity index is 650. The Morgan fingerprint density at radius 2 is 1.88 bits per heavy atom. The molecule has 5 nitrogen and oxygen atoms in total. The number of piperidine rings is 2. The molecule has 2 atom stereocenters. The third-order valence-electron chi connectivity index (χ3n) is 5.85. The number of hydrogen-bond donors (Lipinski definition) is 3. The highest BCUT2D eigenvalue weighted by Gasteiger charge is 2.36. The van der Waals surface area contributed by atoms with Crippen molar-refractivity contribution in [2.24, 2.45) is 5.92 Å². The predicted molar refractivity (Wildman–Crippen MR) is 96.4 cm³/mol. The Morgan fingerprint density at radius 1 is 1.08 bits per heavy atom. The maximum Gasteiger partial charge on any atom is 0.251 e. The first-order valence-electron chi connectivity index (χ1n) is 9.61. The summed E-state index contributed by atoms with van der Waals surface area (Å²) in [6.07, 6.45) is 5.79. The van der Waals surface area contributed by atoms with Crippen LogP contribution in [0, 0.1) is 5.92 Å². The molecule has 0 radical (unpaired) electrons. The van der Waals surface area contributed by atoms with E-state index in [0.29, 0.717) is 18.3 Å². The molecule has 1 saturated carbocycles. The van der Waals surface area contributed by atoms with Crippen molar-refractivity contribution in [2.75, 3.05) is 13.1 Å². The second kappa shape index (κ2) is 7.16. The van der Waals surface area contributed by atoms with Crippen molar-refractivity contribution in [1.82, 2.24) is 16.0 Å². The molecule has 5 heteroatoms. The van der Waals surface area contributed by atoms with Crippen LogP contribution in [0.5, 0.6) is 0 Å². The van der Waals surface area contributed by atoms with E-state index in [1.807, 2.05) is 18.2 Å². The third kappa shape index (κ3) is 3.87. The third-order valence-corrected chi connectivity index (χ3v) is 5.85. The summed E-state index contributed by atoms with van der Waals surface area (Å²) in [6, 6.07) is 8.11. The van der Waals surface area contributed by atoms with Crippen LogP contribution in [0.25, 0.3) is 0 Å². The molecule has 0 unspecified atom stereocenters. The maximum atomic E-state index is 12.8. The van der Waals surface area contributed by atoms with Gasteiger partial charge in [-0.2, -0.15) is 0 Å². The second-order valence-corrected chi connectivity index (χ2v) is 7.70. The molecule has 3 N–H and O–H groups in total. The average molecular weight is 341 g/mol. The molecule has 134 valence electrons.